The van der Waals surface area contributed by atoms with Gasteiger partial charge in [-0.2, -0.15) is 0 Å². The molecule has 2 atom stereocenters. The average molecular weight is 449 g/mol. The van der Waals surface area contributed by atoms with Crippen LogP contribution in [0.25, 0.3) is 0 Å². The molecule has 0 radical (unpaired) electrons. The van der Waals surface area contributed by atoms with Gasteiger partial charge in [-0.3, -0.25) is 4.57 Å². The number of methoxy groups -OCH3 is 1. The number of ether oxygens (including phenoxy) is 2. The van der Waals surface area contributed by atoms with Crippen LogP contribution in [-0.4, -0.2) is 36.2 Å². The van der Waals surface area contributed by atoms with Gasteiger partial charge in [-0.15, -0.1) is 0 Å². The monoisotopic (exact) mass is 448 g/mol. The molecule has 0 amide bonds. The highest BCUT2D eigenvalue weighted by atomic mass is 31.2. The first-order chi connectivity index (χ1) is 14.6. The minimum Gasteiger partial charge on any atom is -0.467 e. The topological polar surface area (TPSA) is 76.0 Å². The summed E-state index contributed by atoms with van der Waals surface area (Å²) in [6.07, 6.45) is 0.610. The van der Waals surface area contributed by atoms with Gasteiger partial charge >= 0.3 is 0 Å². The first kappa shape index (κ1) is 25.6. The predicted octanol–water partition coefficient (Wildman–Crippen LogP) is 5.71. The van der Waals surface area contributed by atoms with Crippen LogP contribution in [0, 0.1) is 13.8 Å². The maximum atomic E-state index is 12.2. The van der Waals surface area contributed by atoms with E-state index in [9.17, 15) is 14.6 Å². The zero-order valence-corrected chi connectivity index (χ0v) is 20.5. The number of rotatable bonds is 11. The Morgan fingerprint density at radius 3 is 2.29 bits per heavy atom. The van der Waals surface area contributed by atoms with Crippen molar-refractivity contribution in [2.45, 2.75) is 59.5 Å². The van der Waals surface area contributed by atoms with E-state index in [1.165, 1.54) is 11.1 Å². The van der Waals surface area contributed by atoms with Crippen LogP contribution in [0.15, 0.2) is 30.3 Å². The Hall–Kier alpha value is -1.65. The lowest BCUT2D eigenvalue weighted by atomic mass is 9.91. The van der Waals surface area contributed by atoms with Gasteiger partial charge in [-0.05, 0) is 72.1 Å². The molecule has 5 nitrogen and oxygen atoms in total. The molecule has 0 fully saturated rings. The van der Waals surface area contributed by atoms with E-state index in [0.717, 1.165) is 28.9 Å². The molecule has 0 aliphatic carbocycles. The molecule has 0 aromatic heterocycles. The molecule has 2 unspecified atom stereocenters. The summed E-state index contributed by atoms with van der Waals surface area (Å²) in [6, 6.07) is 10.1. The number of hydrogen-bond acceptors (Lipinski definition) is 4. The molecule has 2 rings (SSSR count). The maximum absolute atomic E-state index is 12.2. The smallest absolute Gasteiger partial charge is 0.203 e. The third-order valence-electron chi connectivity index (χ3n) is 5.54. The quantitative estimate of drug-likeness (QED) is 0.340. The minimum absolute atomic E-state index is 0.0975. The predicted molar refractivity (Wildman–Crippen MR) is 127 cm³/mol. The average Bonchev–Trinajstić information content (AvgIpc) is 2.68. The molecular formula is C25H37O5P. The summed E-state index contributed by atoms with van der Waals surface area (Å²) in [4.78, 5) is 10.1. The molecule has 0 aliphatic rings. The van der Waals surface area contributed by atoms with Crippen molar-refractivity contribution >= 4 is 7.37 Å². The Balaban J connectivity index is 2.26. The number of aliphatic hydroxyl groups is 1. The lowest BCUT2D eigenvalue weighted by molar-refractivity contribution is 0.0502. The van der Waals surface area contributed by atoms with Crippen LogP contribution in [0.3, 0.4) is 0 Å². The zero-order chi connectivity index (χ0) is 23.2. The van der Waals surface area contributed by atoms with Crippen molar-refractivity contribution in [3.05, 3.63) is 63.7 Å². The van der Waals surface area contributed by atoms with Gasteiger partial charge in [0.25, 0.3) is 0 Å². The van der Waals surface area contributed by atoms with Crippen molar-refractivity contribution in [2.75, 3.05) is 26.2 Å². The molecular weight excluding hydrogens is 411 g/mol. The zero-order valence-electron chi connectivity index (χ0n) is 19.6. The SMILES string of the molecule is CCCP(=O)(O)CC(O)c1cc(C)c(Cc2ccc(OCOC)c(C(C)C)c2)c(C)c1. The molecule has 0 saturated heterocycles. The summed E-state index contributed by atoms with van der Waals surface area (Å²) in [5.41, 5.74) is 6.39. The Labute approximate surface area is 186 Å². The molecule has 0 saturated carbocycles. The Morgan fingerprint density at radius 1 is 1.10 bits per heavy atom. The molecule has 31 heavy (non-hydrogen) atoms. The van der Waals surface area contributed by atoms with Gasteiger partial charge in [0, 0.05) is 13.3 Å². The molecule has 2 N–H and O–H groups in total. The van der Waals surface area contributed by atoms with E-state index in [2.05, 4.69) is 26.0 Å². The highest BCUT2D eigenvalue weighted by molar-refractivity contribution is 7.58. The fourth-order valence-electron chi connectivity index (χ4n) is 3.93. The standard InChI is InChI=1S/C25H37O5P/c1-7-10-31(27,28)15-24(26)21-11-18(4)23(19(5)12-21)14-20-8-9-25(30-16-29-6)22(13-20)17(2)3/h8-9,11-13,17,24,26H,7,10,14-16H2,1-6H3,(H,27,28). The summed E-state index contributed by atoms with van der Waals surface area (Å²) in [7, 11) is -1.70. The third kappa shape index (κ3) is 7.18. The molecule has 0 spiro atoms. The Morgan fingerprint density at radius 2 is 1.74 bits per heavy atom. The van der Waals surface area contributed by atoms with Crippen molar-refractivity contribution in [1.82, 2.24) is 0 Å². The molecule has 0 aliphatic heterocycles. The van der Waals surface area contributed by atoms with Crippen molar-refractivity contribution in [3.63, 3.8) is 0 Å². The Bertz CT molecular complexity index is 899. The van der Waals surface area contributed by atoms with Crippen molar-refractivity contribution in [3.8, 4) is 5.75 Å². The molecule has 172 valence electrons. The van der Waals surface area contributed by atoms with Crippen LogP contribution in [0.5, 0.6) is 5.75 Å². The van der Waals surface area contributed by atoms with Gasteiger partial charge in [0.2, 0.25) is 7.37 Å². The van der Waals surface area contributed by atoms with Gasteiger partial charge in [-0.1, -0.05) is 45.0 Å². The van der Waals surface area contributed by atoms with Crippen molar-refractivity contribution in [2.24, 2.45) is 0 Å². The molecule has 6 heteroatoms. The first-order valence-corrected chi connectivity index (χ1v) is 12.9. The van der Waals surface area contributed by atoms with Crippen LogP contribution in [-0.2, 0) is 15.7 Å². The van der Waals surface area contributed by atoms with Gasteiger partial charge < -0.3 is 19.5 Å². The van der Waals surface area contributed by atoms with Gasteiger partial charge in [-0.25, -0.2) is 0 Å². The molecule has 2 aromatic carbocycles. The normalized spacial score (nSPS) is 14.5. The molecule has 0 heterocycles. The van der Waals surface area contributed by atoms with Crippen LogP contribution in [0.1, 0.15) is 72.6 Å². The number of aryl methyl sites for hydroxylation is 2. The summed E-state index contributed by atoms with van der Waals surface area (Å²) in [5.74, 6) is 1.16. The number of hydrogen-bond donors (Lipinski definition) is 2. The minimum atomic E-state index is -3.31. The highest BCUT2D eigenvalue weighted by Crippen LogP contribution is 2.44. The summed E-state index contributed by atoms with van der Waals surface area (Å²) < 4.78 is 23.0. The van der Waals surface area contributed by atoms with E-state index >= 15 is 0 Å². The van der Waals surface area contributed by atoms with Crippen LogP contribution < -0.4 is 4.74 Å². The fraction of sp³-hybridized carbons (Fsp3) is 0.520. The lowest BCUT2D eigenvalue weighted by Crippen LogP contribution is -2.08. The fourth-order valence-corrected chi connectivity index (χ4v) is 5.56. The van der Waals surface area contributed by atoms with E-state index in [0.29, 0.717) is 17.9 Å². The van der Waals surface area contributed by atoms with E-state index in [1.807, 2.05) is 39.0 Å². The second-order valence-electron chi connectivity index (χ2n) is 8.66. The summed E-state index contributed by atoms with van der Waals surface area (Å²) >= 11 is 0. The lowest BCUT2D eigenvalue weighted by Gasteiger charge is -2.20. The van der Waals surface area contributed by atoms with Crippen LogP contribution >= 0.6 is 7.37 Å². The van der Waals surface area contributed by atoms with Gasteiger partial charge in [0.1, 0.15) is 5.75 Å². The van der Waals surface area contributed by atoms with E-state index < -0.39 is 13.5 Å². The first-order valence-electron chi connectivity index (χ1n) is 10.9. The van der Waals surface area contributed by atoms with Crippen LogP contribution in [0.4, 0.5) is 0 Å². The van der Waals surface area contributed by atoms with E-state index in [1.54, 1.807) is 7.11 Å². The molecule has 0 bridgehead atoms. The van der Waals surface area contributed by atoms with E-state index in [4.69, 9.17) is 9.47 Å². The van der Waals surface area contributed by atoms with Crippen LogP contribution in [0.2, 0.25) is 0 Å². The van der Waals surface area contributed by atoms with Gasteiger partial charge in [0.05, 0.1) is 12.3 Å². The summed E-state index contributed by atoms with van der Waals surface area (Å²) in [5, 5.41) is 10.6. The van der Waals surface area contributed by atoms with E-state index in [-0.39, 0.29) is 19.1 Å². The maximum Gasteiger partial charge on any atom is 0.203 e. The second kappa shape index (κ2) is 11.3. The second-order valence-corrected chi connectivity index (χ2v) is 11.2. The number of benzene rings is 2. The van der Waals surface area contributed by atoms with Gasteiger partial charge in [0.15, 0.2) is 6.79 Å². The summed E-state index contributed by atoms with van der Waals surface area (Å²) in [6.45, 7) is 10.4. The Kier molecular flexibility index (Phi) is 9.32. The third-order valence-corrected chi connectivity index (χ3v) is 7.61. The largest absolute Gasteiger partial charge is 0.467 e. The molecule has 2 aromatic rings. The van der Waals surface area contributed by atoms with Crippen molar-refractivity contribution < 1.29 is 24.0 Å². The van der Waals surface area contributed by atoms with Crippen molar-refractivity contribution in [1.29, 1.82) is 0 Å². The highest BCUT2D eigenvalue weighted by Gasteiger charge is 2.24. The number of aliphatic hydroxyl groups excluding tert-OH is 1.